The van der Waals surface area contributed by atoms with Crippen LogP contribution in [0.4, 0.5) is 5.69 Å². The van der Waals surface area contributed by atoms with E-state index in [1.807, 2.05) is 12.1 Å². The van der Waals surface area contributed by atoms with Gasteiger partial charge in [-0.1, -0.05) is 6.92 Å². The van der Waals surface area contributed by atoms with Crippen molar-refractivity contribution in [3.63, 3.8) is 0 Å². The minimum Gasteiger partial charge on any atom is -0.484 e. The van der Waals surface area contributed by atoms with Crippen LogP contribution in [0.15, 0.2) is 24.3 Å². The second kappa shape index (κ2) is 9.06. The van der Waals surface area contributed by atoms with E-state index in [0.29, 0.717) is 18.1 Å². The highest BCUT2D eigenvalue weighted by molar-refractivity contribution is 5.95. The largest absolute Gasteiger partial charge is 0.484 e. The van der Waals surface area contributed by atoms with Crippen molar-refractivity contribution in [2.24, 2.45) is 5.92 Å². The van der Waals surface area contributed by atoms with E-state index in [2.05, 4.69) is 17.6 Å². The molecule has 3 rings (SSSR count). The zero-order chi connectivity index (χ0) is 16.9. The molecule has 0 aliphatic carbocycles. The molecule has 2 heterocycles. The number of hydrogen-bond donors (Lipinski definition) is 2. The van der Waals surface area contributed by atoms with E-state index in [4.69, 9.17) is 4.74 Å². The predicted molar refractivity (Wildman–Crippen MR) is 99.4 cm³/mol. The fourth-order valence-corrected chi connectivity index (χ4v) is 3.27. The fourth-order valence-electron chi connectivity index (χ4n) is 3.27. The number of nitrogens with zero attached hydrogens (tertiary/aromatic N) is 1. The number of carbonyl (C=O) groups is 2. The lowest BCUT2D eigenvalue weighted by Gasteiger charge is -2.30. The van der Waals surface area contributed by atoms with Crippen LogP contribution in [0, 0.1) is 5.92 Å². The first-order chi connectivity index (χ1) is 11.6. The van der Waals surface area contributed by atoms with Gasteiger partial charge in [-0.2, -0.15) is 0 Å². The second-order valence-electron chi connectivity index (χ2n) is 6.58. The Morgan fingerprint density at radius 3 is 2.76 bits per heavy atom. The molecule has 2 aliphatic heterocycles. The van der Waals surface area contributed by atoms with Gasteiger partial charge in [0.1, 0.15) is 5.75 Å². The number of carbonyl (C=O) groups excluding carboxylic acids is 2. The van der Waals surface area contributed by atoms with Crippen LogP contribution in [0.3, 0.4) is 0 Å². The average molecular weight is 368 g/mol. The Kier molecular flexibility index (Phi) is 7.08. The molecule has 0 bridgehead atoms. The molecule has 0 aromatic heterocycles. The maximum Gasteiger partial charge on any atom is 0.258 e. The van der Waals surface area contributed by atoms with E-state index >= 15 is 0 Å². The molecule has 1 aromatic rings. The molecule has 2 N–H and O–H groups in total. The van der Waals surface area contributed by atoms with Crippen LogP contribution in [0.25, 0.3) is 0 Å². The Morgan fingerprint density at radius 1 is 1.36 bits per heavy atom. The summed E-state index contributed by atoms with van der Waals surface area (Å²) in [5.74, 6) is 1.14. The molecule has 2 saturated heterocycles. The van der Waals surface area contributed by atoms with Crippen molar-refractivity contribution in [1.82, 2.24) is 10.6 Å². The van der Waals surface area contributed by atoms with Crippen molar-refractivity contribution in [1.29, 1.82) is 0 Å². The van der Waals surface area contributed by atoms with Crippen molar-refractivity contribution < 1.29 is 14.3 Å². The summed E-state index contributed by atoms with van der Waals surface area (Å²) in [6.45, 7) is 4.79. The summed E-state index contributed by atoms with van der Waals surface area (Å²) in [4.78, 5) is 25.6. The number of hydrogen-bond acceptors (Lipinski definition) is 4. The standard InChI is InChI=1S/C18H25N3O3.ClH/c1-13-11-19-9-8-16(13)20-17(22)12-24-15-6-4-14(5-7-15)21-10-2-3-18(21)23;/h4-7,13,16,19H,2-3,8-12H2,1H3,(H,20,22);1H. The number of nitrogens with one attached hydrogen (secondary N) is 2. The average Bonchev–Trinajstić information content (AvgIpc) is 3.02. The summed E-state index contributed by atoms with van der Waals surface area (Å²) >= 11 is 0. The molecule has 25 heavy (non-hydrogen) atoms. The molecule has 7 heteroatoms. The summed E-state index contributed by atoms with van der Waals surface area (Å²) in [5.41, 5.74) is 0.887. The van der Waals surface area contributed by atoms with Crippen molar-refractivity contribution in [3.05, 3.63) is 24.3 Å². The molecule has 2 aliphatic rings. The van der Waals surface area contributed by atoms with Crippen LogP contribution in [-0.4, -0.2) is 44.1 Å². The molecule has 0 spiro atoms. The van der Waals surface area contributed by atoms with Gasteiger partial charge in [-0.15, -0.1) is 12.4 Å². The van der Waals surface area contributed by atoms with Gasteiger partial charge in [0.2, 0.25) is 5.91 Å². The predicted octanol–water partition coefficient (Wildman–Crippen LogP) is 1.73. The van der Waals surface area contributed by atoms with Crippen LogP contribution in [0.1, 0.15) is 26.2 Å². The molecule has 138 valence electrons. The van der Waals surface area contributed by atoms with Gasteiger partial charge in [0.25, 0.3) is 5.91 Å². The topological polar surface area (TPSA) is 70.7 Å². The number of anilines is 1. The minimum atomic E-state index is -0.0902. The second-order valence-corrected chi connectivity index (χ2v) is 6.58. The zero-order valence-electron chi connectivity index (χ0n) is 14.5. The van der Waals surface area contributed by atoms with Crippen molar-refractivity contribution in [3.8, 4) is 5.75 Å². The Bertz CT molecular complexity index is 594. The SMILES string of the molecule is CC1CNCCC1NC(=O)COc1ccc(N2CCCC2=O)cc1.Cl. The van der Waals surface area contributed by atoms with Crippen molar-refractivity contribution in [2.45, 2.75) is 32.2 Å². The van der Waals surface area contributed by atoms with E-state index in [0.717, 1.165) is 38.2 Å². The third-order valence-corrected chi connectivity index (χ3v) is 4.72. The van der Waals surface area contributed by atoms with Crippen LogP contribution < -0.4 is 20.3 Å². The highest BCUT2D eigenvalue weighted by Crippen LogP contribution is 2.23. The van der Waals surface area contributed by atoms with Crippen LogP contribution in [-0.2, 0) is 9.59 Å². The van der Waals surface area contributed by atoms with Gasteiger partial charge < -0.3 is 20.3 Å². The summed E-state index contributed by atoms with van der Waals surface area (Å²) in [7, 11) is 0. The Morgan fingerprint density at radius 2 is 2.12 bits per heavy atom. The number of halogens is 1. The highest BCUT2D eigenvalue weighted by atomic mass is 35.5. The Balaban J connectivity index is 0.00000225. The first-order valence-corrected chi connectivity index (χ1v) is 8.67. The third kappa shape index (κ3) is 5.09. The van der Waals surface area contributed by atoms with E-state index in [1.54, 1.807) is 17.0 Å². The smallest absolute Gasteiger partial charge is 0.258 e. The lowest BCUT2D eigenvalue weighted by atomic mass is 9.95. The van der Waals surface area contributed by atoms with Crippen molar-refractivity contribution in [2.75, 3.05) is 31.1 Å². The number of amides is 2. The summed E-state index contributed by atoms with van der Waals surface area (Å²) in [5, 5.41) is 6.36. The normalized spacial score (nSPS) is 23.1. The van der Waals surface area contributed by atoms with Crippen LogP contribution in [0.2, 0.25) is 0 Å². The van der Waals surface area contributed by atoms with E-state index in [-0.39, 0.29) is 36.9 Å². The molecular weight excluding hydrogens is 342 g/mol. The molecule has 2 amide bonds. The van der Waals surface area contributed by atoms with Crippen LogP contribution >= 0.6 is 12.4 Å². The van der Waals surface area contributed by atoms with Gasteiger partial charge in [0, 0.05) is 24.7 Å². The molecule has 0 radical (unpaired) electrons. The summed E-state index contributed by atoms with van der Waals surface area (Å²) < 4.78 is 5.56. The molecule has 2 atom stereocenters. The molecule has 1 aromatic carbocycles. The molecule has 2 unspecified atom stereocenters. The quantitative estimate of drug-likeness (QED) is 0.831. The minimum absolute atomic E-state index is 0. The Labute approximate surface area is 154 Å². The third-order valence-electron chi connectivity index (χ3n) is 4.72. The van der Waals surface area contributed by atoms with E-state index < -0.39 is 0 Å². The monoisotopic (exact) mass is 367 g/mol. The van der Waals surface area contributed by atoms with Gasteiger partial charge in [-0.25, -0.2) is 0 Å². The molecule has 0 saturated carbocycles. The van der Waals surface area contributed by atoms with Gasteiger partial charge in [-0.3, -0.25) is 9.59 Å². The van der Waals surface area contributed by atoms with Gasteiger partial charge in [-0.05, 0) is 56.1 Å². The van der Waals surface area contributed by atoms with Gasteiger partial charge in [0.15, 0.2) is 6.61 Å². The number of rotatable bonds is 5. The number of benzene rings is 1. The molecular formula is C18H26ClN3O3. The highest BCUT2D eigenvalue weighted by Gasteiger charge is 2.23. The maximum atomic E-state index is 12.0. The molecule has 6 nitrogen and oxygen atoms in total. The van der Waals surface area contributed by atoms with Gasteiger partial charge in [0.05, 0.1) is 0 Å². The van der Waals surface area contributed by atoms with Gasteiger partial charge >= 0.3 is 0 Å². The zero-order valence-corrected chi connectivity index (χ0v) is 15.3. The fraction of sp³-hybridized carbons (Fsp3) is 0.556. The summed E-state index contributed by atoms with van der Waals surface area (Å²) in [6.07, 6.45) is 2.48. The lowest BCUT2D eigenvalue weighted by Crippen LogP contribution is -2.49. The lowest BCUT2D eigenvalue weighted by molar-refractivity contribution is -0.124. The first-order valence-electron chi connectivity index (χ1n) is 8.67. The van der Waals surface area contributed by atoms with Crippen LogP contribution in [0.5, 0.6) is 5.75 Å². The Hall–Kier alpha value is -1.79. The number of piperidine rings is 1. The van der Waals surface area contributed by atoms with E-state index in [1.165, 1.54) is 0 Å². The molecule has 2 fully saturated rings. The first kappa shape index (κ1) is 19.5. The van der Waals surface area contributed by atoms with E-state index in [9.17, 15) is 9.59 Å². The van der Waals surface area contributed by atoms with Crippen molar-refractivity contribution >= 4 is 29.9 Å². The summed E-state index contributed by atoms with van der Waals surface area (Å²) in [6, 6.07) is 7.56. The number of ether oxygens (including phenoxy) is 1. The maximum absolute atomic E-state index is 12.0.